The van der Waals surface area contributed by atoms with E-state index in [0.717, 1.165) is 31.5 Å². The fraction of sp³-hybridized carbons (Fsp3) is 0.302. The van der Waals surface area contributed by atoms with Gasteiger partial charge in [0.05, 0.1) is 11.8 Å². The summed E-state index contributed by atoms with van der Waals surface area (Å²) in [7, 11) is 0. The average molecular weight is 589 g/mol. The molecule has 0 fully saturated rings. The first kappa shape index (κ1) is 29.4. The Morgan fingerprint density at radius 2 is 1.64 bits per heavy atom. The van der Waals surface area contributed by atoms with Crippen LogP contribution >= 0.6 is 0 Å². The van der Waals surface area contributed by atoms with E-state index >= 15 is 0 Å². The second kappa shape index (κ2) is 12.2. The Hall–Kier alpha value is -4.30. The van der Waals surface area contributed by atoms with Crippen LogP contribution in [0.25, 0.3) is 17.7 Å². The molecule has 2 heteroatoms. The van der Waals surface area contributed by atoms with Gasteiger partial charge in [-0.15, -0.1) is 0 Å². The van der Waals surface area contributed by atoms with Crippen LogP contribution < -0.4 is 0 Å². The van der Waals surface area contributed by atoms with E-state index in [0.29, 0.717) is 11.8 Å². The lowest BCUT2D eigenvalue weighted by Gasteiger charge is -2.36. The maximum absolute atomic E-state index is 4.77. The Morgan fingerprint density at radius 1 is 0.867 bits per heavy atom. The van der Waals surface area contributed by atoms with Crippen LogP contribution in [-0.4, -0.2) is 18.5 Å². The molecule has 0 saturated heterocycles. The van der Waals surface area contributed by atoms with Gasteiger partial charge in [-0.25, -0.2) is 0 Å². The van der Waals surface area contributed by atoms with Crippen molar-refractivity contribution in [1.29, 1.82) is 0 Å². The molecule has 4 aliphatic rings. The van der Waals surface area contributed by atoms with Crippen molar-refractivity contribution < 1.29 is 0 Å². The van der Waals surface area contributed by atoms with Crippen LogP contribution in [0.5, 0.6) is 0 Å². The van der Waals surface area contributed by atoms with Crippen LogP contribution in [0.4, 0.5) is 0 Å². The molecule has 45 heavy (non-hydrogen) atoms. The summed E-state index contributed by atoms with van der Waals surface area (Å²) >= 11 is 0. The summed E-state index contributed by atoms with van der Waals surface area (Å²) in [6.45, 7) is 10.2. The molecule has 2 aliphatic carbocycles. The van der Waals surface area contributed by atoms with Crippen LogP contribution in [0.2, 0.25) is 0 Å². The molecular formula is C43H44N2. The minimum atomic E-state index is 0.118. The van der Waals surface area contributed by atoms with Crippen molar-refractivity contribution in [3.05, 3.63) is 148 Å². The van der Waals surface area contributed by atoms with E-state index in [1.807, 2.05) is 12.3 Å². The number of aliphatic imine (C=N–C) groups is 2. The quantitative estimate of drug-likeness (QED) is 0.274. The SMILES string of the molecule is CC(/C=C(/c1ccc(C2=NCCC=C2)cc1)C1C=Cc2cc(C(C)(C)C)cc3c2C1CC=C3)c1ccc(C2CC=CC=N2)cc1. The normalized spacial score (nSPS) is 22.7. The van der Waals surface area contributed by atoms with Crippen molar-refractivity contribution in [2.24, 2.45) is 15.9 Å². The highest BCUT2D eigenvalue weighted by atomic mass is 14.8. The molecule has 0 amide bonds. The van der Waals surface area contributed by atoms with Gasteiger partial charge < -0.3 is 0 Å². The number of allylic oxidation sites excluding steroid dienone is 6. The lowest BCUT2D eigenvalue weighted by molar-refractivity contribution is 0.580. The Bertz CT molecular complexity index is 1780. The van der Waals surface area contributed by atoms with Crippen molar-refractivity contribution >= 4 is 29.7 Å². The van der Waals surface area contributed by atoms with Gasteiger partial charge in [0, 0.05) is 18.7 Å². The molecule has 0 N–H and O–H groups in total. The van der Waals surface area contributed by atoms with Gasteiger partial charge in [0.15, 0.2) is 0 Å². The molecule has 226 valence electrons. The largest absolute Gasteiger partial charge is 0.285 e. The highest BCUT2D eigenvalue weighted by Gasteiger charge is 2.33. The molecule has 0 aromatic heterocycles. The molecule has 2 heterocycles. The number of rotatable bonds is 6. The van der Waals surface area contributed by atoms with Crippen molar-refractivity contribution in [3.63, 3.8) is 0 Å². The molecule has 3 aromatic rings. The smallest absolute Gasteiger partial charge is 0.0783 e. The summed E-state index contributed by atoms with van der Waals surface area (Å²) in [5.74, 6) is 0.984. The number of hydrogen-bond donors (Lipinski definition) is 0. The van der Waals surface area contributed by atoms with E-state index in [1.54, 1.807) is 0 Å². The molecule has 0 saturated carbocycles. The summed E-state index contributed by atoms with van der Waals surface area (Å²) in [6.07, 6.45) is 25.8. The molecular weight excluding hydrogens is 544 g/mol. The maximum Gasteiger partial charge on any atom is 0.0783 e. The fourth-order valence-electron chi connectivity index (χ4n) is 7.30. The minimum absolute atomic E-state index is 0.118. The summed E-state index contributed by atoms with van der Waals surface area (Å²) < 4.78 is 0. The van der Waals surface area contributed by atoms with E-state index in [4.69, 9.17) is 4.99 Å². The maximum atomic E-state index is 4.77. The van der Waals surface area contributed by atoms with E-state index < -0.39 is 0 Å². The third-order valence-corrected chi connectivity index (χ3v) is 9.94. The summed E-state index contributed by atoms with van der Waals surface area (Å²) in [4.78, 5) is 9.45. The first-order chi connectivity index (χ1) is 21.8. The Balaban J connectivity index is 1.27. The minimum Gasteiger partial charge on any atom is -0.285 e. The van der Waals surface area contributed by atoms with Crippen LogP contribution in [0.3, 0.4) is 0 Å². The first-order valence-electron chi connectivity index (χ1n) is 16.7. The van der Waals surface area contributed by atoms with Crippen molar-refractivity contribution in [3.8, 4) is 0 Å². The van der Waals surface area contributed by atoms with Crippen LogP contribution in [0.1, 0.15) is 109 Å². The standard InChI is InChI=1S/C43H44N2/c1-29(30-14-18-32(19-15-30)40-12-5-7-24-44-40)26-39(31-16-20-33(21-17-31)41-13-6-8-25-45-41)37-23-22-35-28-36(43(2,3)4)27-34-10-9-11-38(37)42(34)35/h5-7,9-10,13-24,26-29,37-38,40H,8,11-12,25H2,1-4H3/b39-26-. The second-order valence-electron chi connectivity index (χ2n) is 14.0. The van der Waals surface area contributed by atoms with E-state index in [1.165, 1.54) is 50.1 Å². The van der Waals surface area contributed by atoms with E-state index in [9.17, 15) is 0 Å². The predicted octanol–water partition coefficient (Wildman–Crippen LogP) is 10.8. The van der Waals surface area contributed by atoms with Gasteiger partial charge in [-0.1, -0.05) is 131 Å². The van der Waals surface area contributed by atoms with E-state index in [2.05, 4.69) is 142 Å². The number of nitrogens with zero attached hydrogens (tertiary/aromatic N) is 2. The zero-order chi connectivity index (χ0) is 31.0. The average Bonchev–Trinajstić information content (AvgIpc) is 3.08. The molecule has 0 radical (unpaired) electrons. The van der Waals surface area contributed by atoms with Crippen LogP contribution in [0.15, 0.2) is 113 Å². The van der Waals surface area contributed by atoms with Crippen molar-refractivity contribution in [2.75, 3.05) is 6.54 Å². The number of benzene rings is 3. The Morgan fingerprint density at radius 3 is 2.33 bits per heavy atom. The third-order valence-electron chi connectivity index (χ3n) is 9.94. The highest BCUT2D eigenvalue weighted by molar-refractivity contribution is 6.09. The van der Waals surface area contributed by atoms with Gasteiger partial charge in [0.25, 0.3) is 0 Å². The topological polar surface area (TPSA) is 24.7 Å². The first-order valence-corrected chi connectivity index (χ1v) is 16.7. The molecule has 3 aromatic carbocycles. The summed E-state index contributed by atoms with van der Waals surface area (Å²) in [5, 5.41) is 0. The summed E-state index contributed by atoms with van der Waals surface area (Å²) in [5.41, 5.74) is 13.4. The molecule has 7 rings (SSSR count). The van der Waals surface area contributed by atoms with Gasteiger partial charge in [-0.2, -0.15) is 0 Å². The van der Waals surface area contributed by atoms with Gasteiger partial charge in [-0.3, -0.25) is 9.98 Å². The van der Waals surface area contributed by atoms with Gasteiger partial charge in [0.2, 0.25) is 0 Å². The molecule has 2 nitrogen and oxygen atoms in total. The zero-order valence-electron chi connectivity index (χ0n) is 27.1. The lowest BCUT2D eigenvalue weighted by Crippen LogP contribution is -2.21. The number of dihydropyridines is 2. The number of hydrogen-bond acceptors (Lipinski definition) is 2. The van der Waals surface area contributed by atoms with Gasteiger partial charge in [-0.05, 0) is 98.7 Å². The molecule has 2 aliphatic heterocycles. The second-order valence-corrected chi connectivity index (χ2v) is 14.0. The Kier molecular flexibility index (Phi) is 8.00. The predicted molar refractivity (Wildman–Crippen MR) is 193 cm³/mol. The highest BCUT2D eigenvalue weighted by Crippen LogP contribution is 2.49. The molecule has 0 bridgehead atoms. The van der Waals surface area contributed by atoms with E-state index in [-0.39, 0.29) is 17.4 Å². The Labute approximate surface area is 269 Å². The van der Waals surface area contributed by atoms with Crippen LogP contribution in [-0.2, 0) is 5.41 Å². The van der Waals surface area contributed by atoms with Gasteiger partial charge in [0.1, 0.15) is 0 Å². The van der Waals surface area contributed by atoms with Crippen molar-refractivity contribution in [1.82, 2.24) is 0 Å². The van der Waals surface area contributed by atoms with Crippen molar-refractivity contribution in [2.45, 2.75) is 70.3 Å². The third kappa shape index (κ3) is 6.03. The molecule has 0 spiro atoms. The monoisotopic (exact) mass is 588 g/mol. The molecule has 4 atom stereocenters. The van der Waals surface area contributed by atoms with Crippen LogP contribution in [0, 0.1) is 5.92 Å². The fourth-order valence-corrected chi connectivity index (χ4v) is 7.30. The molecule has 4 unspecified atom stereocenters. The zero-order valence-corrected chi connectivity index (χ0v) is 27.1. The summed E-state index contributed by atoms with van der Waals surface area (Å²) in [6, 6.07) is 23.4. The van der Waals surface area contributed by atoms with Gasteiger partial charge >= 0.3 is 0 Å². The lowest BCUT2D eigenvalue weighted by atomic mass is 9.68.